The molecule has 0 bridgehead atoms. The fraction of sp³-hybridized carbons (Fsp3) is 0.577. The number of rotatable bonds is 4. The van der Waals surface area contributed by atoms with Gasteiger partial charge in [0.05, 0.1) is 0 Å². The minimum atomic E-state index is -0.0166. The first-order chi connectivity index (χ1) is 16.0. The van der Waals surface area contributed by atoms with Crippen molar-refractivity contribution in [2.24, 2.45) is 11.8 Å². The molecule has 0 atom stereocenters. The van der Waals surface area contributed by atoms with Gasteiger partial charge >= 0.3 is 0 Å². The van der Waals surface area contributed by atoms with Gasteiger partial charge in [-0.05, 0) is 44.4 Å². The molecule has 0 aliphatic carbocycles. The van der Waals surface area contributed by atoms with Crippen LogP contribution in [0.15, 0.2) is 36.4 Å². The second-order valence-electron chi connectivity index (χ2n) is 9.57. The van der Waals surface area contributed by atoms with E-state index >= 15 is 0 Å². The molecule has 3 aliphatic heterocycles. The van der Waals surface area contributed by atoms with Crippen LogP contribution in [0.4, 0.5) is 0 Å². The summed E-state index contributed by atoms with van der Waals surface area (Å²) >= 11 is 0. The van der Waals surface area contributed by atoms with Crippen molar-refractivity contribution in [3.8, 4) is 0 Å². The van der Waals surface area contributed by atoms with Gasteiger partial charge < -0.3 is 19.6 Å². The molecular weight excluding hydrogens is 416 g/mol. The summed E-state index contributed by atoms with van der Waals surface area (Å²) in [5.74, 6) is 0.511. The Hall–Kier alpha value is -2.67. The predicted molar refractivity (Wildman–Crippen MR) is 128 cm³/mol. The lowest BCUT2D eigenvalue weighted by molar-refractivity contribution is -0.144. The molecule has 3 amide bonds. The number of benzene rings is 1. The van der Waals surface area contributed by atoms with Crippen molar-refractivity contribution in [2.45, 2.75) is 25.7 Å². The normalized spacial score (nSPS) is 21.5. The van der Waals surface area contributed by atoms with Crippen LogP contribution in [-0.4, -0.2) is 96.7 Å². The highest BCUT2D eigenvalue weighted by Gasteiger charge is 2.34. The highest BCUT2D eigenvalue weighted by atomic mass is 16.2. The van der Waals surface area contributed by atoms with Gasteiger partial charge in [0, 0.05) is 70.3 Å². The zero-order valence-electron chi connectivity index (χ0n) is 19.7. The number of nitrogens with zero attached hydrogens (tertiary/aromatic N) is 4. The number of amides is 3. The molecule has 4 rings (SSSR count). The lowest BCUT2D eigenvalue weighted by Gasteiger charge is -2.39. The number of piperazine rings is 1. The number of likely N-dealkylation sites (tertiary alicyclic amines) is 2. The highest BCUT2D eigenvalue weighted by molar-refractivity contribution is 5.92. The second kappa shape index (κ2) is 11.0. The predicted octanol–water partition coefficient (Wildman–Crippen LogP) is 1.95. The fourth-order valence-corrected chi connectivity index (χ4v) is 5.07. The van der Waals surface area contributed by atoms with E-state index < -0.39 is 0 Å². The van der Waals surface area contributed by atoms with E-state index in [0.29, 0.717) is 39.0 Å². The number of hydrogen-bond acceptors (Lipinski definition) is 4. The Morgan fingerprint density at radius 3 is 1.73 bits per heavy atom. The lowest BCUT2D eigenvalue weighted by Crippen LogP contribution is -2.51. The van der Waals surface area contributed by atoms with Crippen LogP contribution in [-0.2, 0) is 14.4 Å². The van der Waals surface area contributed by atoms with E-state index in [1.807, 2.05) is 51.1 Å². The minimum absolute atomic E-state index is 0.00739. The summed E-state index contributed by atoms with van der Waals surface area (Å²) in [4.78, 5) is 46.5. The number of hydrogen-bond donors (Lipinski definition) is 0. The molecule has 178 valence electrons. The summed E-state index contributed by atoms with van der Waals surface area (Å²) in [5, 5.41) is 0. The van der Waals surface area contributed by atoms with E-state index in [0.717, 1.165) is 44.6 Å². The molecule has 0 N–H and O–H groups in total. The Labute approximate surface area is 197 Å². The molecule has 1 aromatic carbocycles. The SMILES string of the molecule is CN1CCN(C(=O)C2CCN(C(=O)C3CCN(C(=O)/C=C/c4ccccc4)CC3)CC2)CC1. The van der Waals surface area contributed by atoms with Gasteiger partial charge in [-0.2, -0.15) is 0 Å². The molecule has 7 nitrogen and oxygen atoms in total. The molecule has 0 radical (unpaired) electrons. The van der Waals surface area contributed by atoms with Crippen molar-refractivity contribution < 1.29 is 14.4 Å². The first-order valence-electron chi connectivity index (χ1n) is 12.3. The number of carbonyl (C=O) groups excluding carboxylic acids is 3. The van der Waals surface area contributed by atoms with Crippen LogP contribution in [0.3, 0.4) is 0 Å². The van der Waals surface area contributed by atoms with Gasteiger partial charge in [0.2, 0.25) is 17.7 Å². The van der Waals surface area contributed by atoms with Crippen LogP contribution in [0.1, 0.15) is 31.2 Å². The van der Waals surface area contributed by atoms with Crippen LogP contribution < -0.4 is 0 Å². The molecule has 0 spiro atoms. The topological polar surface area (TPSA) is 64.2 Å². The van der Waals surface area contributed by atoms with Gasteiger partial charge in [-0.1, -0.05) is 30.3 Å². The van der Waals surface area contributed by atoms with Gasteiger partial charge in [-0.3, -0.25) is 14.4 Å². The van der Waals surface area contributed by atoms with E-state index in [-0.39, 0.29) is 29.6 Å². The molecule has 7 heteroatoms. The Kier molecular flexibility index (Phi) is 7.81. The Morgan fingerprint density at radius 2 is 1.18 bits per heavy atom. The second-order valence-corrected chi connectivity index (χ2v) is 9.57. The summed E-state index contributed by atoms with van der Waals surface area (Å²) < 4.78 is 0. The van der Waals surface area contributed by atoms with Gasteiger partial charge in [0.15, 0.2) is 0 Å². The number of likely N-dealkylation sites (N-methyl/N-ethyl adjacent to an activating group) is 1. The smallest absolute Gasteiger partial charge is 0.246 e. The zero-order chi connectivity index (χ0) is 23.2. The van der Waals surface area contributed by atoms with E-state index in [1.54, 1.807) is 6.08 Å². The average Bonchev–Trinajstić information content (AvgIpc) is 2.87. The van der Waals surface area contributed by atoms with Gasteiger partial charge in [-0.25, -0.2) is 0 Å². The van der Waals surface area contributed by atoms with E-state index in [9.17, 15) is 14.4 Å². The Balaban J connectivity index is 1.20. The largest absolute Gasteiger partial charge is 0.342 e. The van der Waals surface area contributed by atoms with Crippen molar-refractivity contribution in [1.82, 2.24) is 19.6 Å². The summed E-state index contributed by atoms with van der Waals surface area (Å²) in [7, 11) is 2.09. The van der Waals surface area contributed by atoms with Gasteiger partial charge in [0.1, 0.15) is 0 Å². The maximum absolute atomic E-state index is 13.1. The first-order valence-corrected chi connectivity index (χ1v) is 12.3. The van der Waals surface area contributed by atoms with Crippen molar-refractivity contribution in [3.05, 3.63) is 42.0 Å². The zero-order valence-corrected chi connectivity index (χ0v) is 19.7. The fourth-order valence-electron chi connectivity index (χ4n) is 5.07. The molecule has 33 heavy (non-hydrogen) atoms. The third-order valence-electron chi connectivity index (χ3n) is 7.34. The lowest BCUT2D eigenvalue weighted by atomic mass is 9.91. The molecule has 0 saturated carbocycles. The molecule has 3 saturated heterocycles. The first kappa shape index (κ1) is 23.5. The standard InChI is InChI=1S/C26H36N4O3/c1-27-17-19-30(20-18-27)26(33)23-11-15-29(16-12-23)25(32)22-9-13-28(14-10-22)24(31)8-7-21-5-3-2-4-6-21/h2-8,22-23H,9-20H2,1H3/b8-7+. The van der Waals surface area contributed by atoms with Crippen LogP contribution in [0, 0.1) is 11.8 Å². The molecule has 3 fully saturated rings. The summed E-state index contributed by atoms with van der Waals surface area (Å²) in [5.41, 5.74) is 1.01. The quantitative estimate of drug-likeness (QED) is 0.655. The molecule has 3 aliphatic rings. The monoisotopic (exact) mass is 452 g/mol. The van der Waals surface area contributed by atoms with Gasteiger partial charge in [0.25, 0.3) is 0 Å². The van der Waals surface area contributed by atoms with Crippen LogP contribution in [0.5, 0.6) is 0 Å². The van der Waals surface area contributed by atoms with Crippen LogP contribution >= 0.6 is 0 Å². The van der Waals surface area contributed by atoms with Crippen molar-refractivity contribution in [3.63, 3.8) is 0 Å². The maximum Gasteiger partial charge on any atom is 0.246 e. The molecule has 1 aromatic rings. The summed E-state index contributed by atoms with van der Waals surface area (Å²) in [6.07, 6.45) is 6.41. The third-order valence-corrected chi connectivity index (χ3v) is 7.34. The van der Waals surface area contributed by atoms with E-state index in [4.69, 9.17) is 0 Å². The average molecular weight is 453 g/mol. The Morgan fingerprint density at radius 1 is 0.697 bits per heavy atom. The molecule has 0 aromatic heterocycles. The molecular formula is C26H36N4O3. The number of carbonyl (C=O) groups is 3. The molecule has 3 heterocycles. The van der Waals surface area contributed by atoms with Crippen molar-refractivity contribution in [2.75, 3.05) is 59.4 Å². The highest BCUT2D eigenvalue weighted by Crippen LogP contribution is 2.25. The summed E-state index contributed by atoms with van der Waals surface area (Å²) in [6, 6.07) is 9.79. The van der Waals surface area contributed by atoms with Crippen molar-refractivity contribution >= 4 is 23.8 Å². The van der Waals surface area contributed by atoms with Crippen LogP contribution in [0.2, 0.25) is 0 Å². The third kappa shape index (κ3) is 6.02. The summed E-state index contributed by atoms with van der Waals surface area (Å²) in [6.45, 7) is 6.07. The van der Waals surface area contributed by atoms with E-state index in [2.05, 4.69) is 11.9 Å². The number of piperidine rings is 2. The Bertz CT molecular complexity index is 848. The van der Waals surface area contributed by atoms with E-state index in [1.165, 1.54) is 0 Å². The molecule has 0 unspecified atom stereocenters. The van der Waals surface area contributed by atoms with Gasteiger partial charge in [-0.15, -0.1) is 0 Å². The van der Waals surface area contributed by atoms with Crippen molar-refractivity contribution in [1.29, 1.82) is 0 Å². The maximum atomic E-state index is 13.1. The minimum Gasteiger partial charge on any atom is -0.342 e. The van der Waals surface area contributed by atoms with Crippen LogP contribution in [0.25, 0.3) is 6.08 Å².